The van der Waals surface area contributed by atoms with E-state index >= 15 is 0 Å². The molecule has 1 atom stereocenters. The van der Waals surface area contributed by atoms with E-state index in [-0.39, 0.29) is 6.04 Å². The maximum atomic E-state index is 6.21. The highest BCUT2D eigenvalue weighted by Crippen LogP contribution is 2.29. The van der Waals surface area contributed by atoms with Crippen molar-refractivity contribution in [3.8, 4) is 17.0 Å². The lowest BCUT2D eigenvalue weighted by Gasteiger charge is -2.08. The molecule has 0 spiro atoms. The van der Waals surface area contributed by atoms with Crippen LogP contribution in [-0.2, 0) is 0 Å². The van der Waals surface area contributed by atoms with Gasteiger partial charge < -0.3 is 15.5 Å². The molecule has 0 fully saturated rings. The summed E-state index contributed by atoms with van der Waals surface area (Å²) in [5.74, 6) is 1.68. The van der Waals surface area contributed by atoms with Crippen LogP contribution in [0.3, 0.4) is 0 Å². The lowest BCUT2D eigenvalue weighted by Crippen LogP contribution is -2.11. The Morgan fingerprint density at radius 3 is 2.81 bits per heavy atom. The van der Waals surface area contributed by atoms with Gasteiger partial charge in [-0.1, -0.05) is 44.7 Å². The number of nitrogens with zero attached hydrogens (tertiary/aromatic N) is 1. The SMILES string of the molecule is CCCCCCC(N)c1nc(-c2ccccc2OC)c[nH]1. The van der Waals surface area contributed by atoms with Crippen LogP contribution in [0.1, 0.15) is 50.9 Å². The smallest absolute Gasteiger partial charge is 0.128 e. The average Bonchev–Trinajstić information content (AvgIpc) is 3.01. The van der Waals surface area contributed by atoms with Gasteiger partial charge in [0, 0.05) is 11.8 Å². The molecule has 114 valence electrons. The fraction of sp³-hybridized carbons (Fsp3) is 0.471. The van der Waals surface area contributed by atoms with E-state index in [0.29, 0.717) is 0 Å². The van der Waals surface area contributed by atoms with Crippen LogP contribution >= 0.6 is 0 Å². The van der Waals surface area contributed by atoms with Crippen molar-refractivity contribution in [1.82, 2.24) is 9.97 Å². The van der Waals surface area contributed by atoms with Gasteiger partial charge in [-0.05, 0) is 18.6 Å². The number of aromatic amines is 1. The molecule has 4 heteroatoms. The van der Waals surface area contributed by atoms with Crippen molar-refractivity contribution in [1.29, 1.82) is 0 Å². The third kappa shape index (κ3) is 4.08. The molecule has 1 aromatic carbocycles. The van der Waals surface area contributed by atoms with E-state index in [4.69, 9.17) is 10.5 Å². The van der Waals surface area contributed by atoms with Crippen LogP contribution in [0.2, 0.25) is 0 Å². The van der Waals surface area contributed by atoms with Gasteiger partial charge in [0.2, 0.25) is 0 Å². The highest BCUT2D eigenvalue weighted by Gasteiger charge is 2.13. The van der Waals surface area contributed by atoms with Gasteiger partial charge in [0.25, 0.3) is 0 Å². The van der Waals surface area contributed by atoms with Crippen molar-refractivity contribution >= 4 is 0 Å². The molecule has 0 bridgehead atoms. The van der Waals surface area contributed by atoms with E-state index in [9.17, 15) is 0 Å². The zero-order chi connectivity index (χ0) is 15.1. The summed E-state index contributed by atoms with van der Waals surface area (Å²) >= 11 is 0. The lowest BCUT2D eigenvalue weighted by molar-refractivity contribution is 0.416. The normalized spacial score (nSPS) is 12.3. The van der Waals surface area contributed by atoms with E-state index in [1.807, 2.05) is 30.5 Å². The van der Waals surface area contributed by atoms with E-state index in [0.717, 1.165) is 35.7 Å². The Labute approximate surface area is 126 Å². The Morgan fingerprint density at radius 2 is 2.05 bits per heavy atom. The van der Waals surface area contributed by atoms with Crippen molar-refractivity contribution < 1.29 is 4.74 Å². The number of unbranched alkanes of at least 4 members (excludes halogenated alkanes) is 3. The van der Waals surface area contributed by atoms with Crippen LogP contribution in [-0.4, -0.2) is 17.1 Å². The topological polar surface area (TPSA) is 63.9 Å². The predicted molar refractivity (Wildman–Crippen MR) is 86.3 cm³/mol. The van der Waals surface area contributed by atoms with Gasteiger partial charge in [-0.25, -0.2) is 4.98 Å². The van der Waals surface area contributed by atoms with Crippen molar-refractivity contribution in [3.63, 3.8) is 0 Å². The average molecular weight is 287 g/mol. The number of imidazole rings is 1. The number of benzene rings is 1. The molecule has 2 rings (SSSR count). The predicted octanol–water partition coefficient (Wildman–Crippen LogP) is 4.06. The molecule has 4 nitrogen and oxygen atoms in total. The fourth-order valence-electron chi connectivity index (χ4n) is 2.45. The first-order valence-corrected chi connectivity index (χ1v) is 7.70. The fourth-order valence-corrected chi connectivity index (χ4v) is 2.45. The van der Waals surface area contributed by atoms with Gasteiger partial charge in [0.05, 0.1) is 18.8 Å². The van der Waals surface area contributed by atoms with Crippen molar-refractivity contribution in [2.75, 3.05) is 7.11 Å². The van der Waals surface area contributed by atoms with E-state index in [1.54, 1.807) is 7.11 Å². The summed E-state index contributed by atoms with van der Waals surface area (Å²) in [7, 11) is 1.67. The standard InChI is InChI=1S/C17H25N3O/c1-3-4-5-6-10-14(18)17-19-12-15(20-17)13-9-7-8-11-16(13)21-2/h7-9,11-12,14H,3-6,10,18H2,1-2H3,(H,19,20). The minimum absolute atomic E-state index is 0.0229. The second-order valence-electron chi connectivity index (χ2n) is 5.33. The Kier molecular flexibility index (Phi) is 5.81. The van der Waals surface area contributed by atoms with E-state index < -0.39 is 0 Å². The highest BCUT2D eigenvalue weighted by atomic mass is 16.5. The summed E-state index contributed by atoms with van der Waals surface area (Å²) in [5.41, 5.74) is 8.08. The van der Waals surface area contributed by atoms with Gasteiger partial charge in [0.1, 0.15) is 11.6 Å². The summed E-state index contributed by atoms with van der Waals surface area (Å²) in [5, 5.41) is 0. The number of rotatable bonds is 8. The monoisotopic (exact) mass is 287 g/mol. The number of methoxy groups -OCH3 is 1. The van der Waals surface area contributed by atoms with Crippen LogP contribution in [0.15, 0.2) is 30.5 Å². The molecule has 1 unspecified atom stereocenters. The molecule has 1 heterocycles. The largest absolute Gasteiger partial charge is 0.496 e. The van der Waals surface area contributed by atoms with Crippen molar-refractivity contribution in [2.24, 2.45) is 5.73 Å². The number of nitrogens with two attached hydrogens (primary N) is 1. The molecule has 1 aromatic heterocycles. The minimum atomic E-state index is -0.0229. The van der Waals surface area contributed by atoms with Crippen LogP contribution in [0.5, 0.6) is 5.75 Å². The van der Waals surface area contributed by atoms with Crippen molar-refractivity contribution in [3.05, 3.63) is 36.3 Å². The van der Waals surface area contributed by atoms with Crippen LogP contribution in [0.25, 0.3) is 11.3 Å². The molecule has 0 aliphatic carbocycles. The van der Waals surface area contributed by atoms with E-state index in [1.165, 1.54) is 19.3 Å². The maximum Gasteiger partial charge on any atom is 0.128 e. The van der Waals surface area contributed by atoms with Crippen molar-refractivity contribution in [2.45, 2.75) is 45.1 Å². The molecule has 21 heavy (non-hydrogen) atoms. The zero-order valence-electron chi connectivity index (χ0n) is 12.9. The summed E-state index contributed by atoms with van der Waals surface area (Å²) < 4.78 is 5.38. The number of nitrogens with one attached hydrogen (secondary N) is 1. The molecular weight excluding hydrogens is 262 g/mol. The van der Waals surface area contributed by atoms with Crippen LogP contribution in [0, 0.1) is 0 Å². The summed E-state index contributed by atoms with van der Waals surface area (Å²) in [6, 6.07) is 7.86. The molecular formula is C17H25N3O. The number of para-hydroxylation sites is 1. The first-order valence-electron chi connectivity index (χ1n) is 7.70. The summed E-state index contributed by atoms with van der Waals surface area (Å²) in [4.78, 5) is 7.83. The third-order valence-corrected chi connectivity index (χ3v) is 3.70. The van der Waals surface area contributed by atoms with Crippen LogP contribution in [0.4, 0.5) is 0 Å². The zero-order valence-corrected chi connectivity index (χ0v) is 12.9. The first-order chi connectivity index (χ1) is 10.3. The Hall–Kier alpha value is -1.81. The number of hydrogen-bond donors (Lipinski definition) is 2. The first kappa shape index (κ1) is 15.6. The molecule has 0 saturated heterocycles. The molecule has 3 N–H and O–H groups in total. The Bertz CT molecular complexity index is 550. The van der Waals surface area contributed by atoms with Crippen LogP contribution < -0.4 is 10.5 Å². The number of H-pyrrole nitrogens is 1. The number of aromatic nitrogens is 2. The highest BCUT2D eigenvalue weighted by molar-refractivity contribution is 5.66. The molecule has 0 radical (unpaired) electrons. The van der Waals surface area contributed by atoms with Gasteiger partial charge >= 0.3 is 0 Å². The second kappa shape index (κ2) is 7.84. The summed E-state index contributed by atoms with van der Waals surface area (Å²) in [6.07, 6.45) is 7.78. The lowest BCUT2D eigenvalue weighted by atomic mass is 10.1. The van der Waals surface area contributed by atoms with Gasteiger partial charge in [-0.15, -0.1) is 0 Å². The Balaban J connectivity index is 2.03. The number of hydrogen-bond acceptors (Lipinski definition) is 3. The van der Waals surface area contributed by atoms with E-state index in [2.05, 4.69) is 16.9 Å². The number of ether oxygens (including phenoxy) is 1. The molecule has 0 saturated carbocycles. The second-order valence-corrected chi connectivity index (χ2v) is 5.33. The Morgan fingerprint density at radius 1 is 1.24 bits per heavy atom. The van der Waals surface area contributed by atoms with Gasteiger partial charge in [0.15, 0.2) is 0 Å². The third-order valence-electron chi connectivity index (χ3n) is 3.70. The summed E-state index contributed by atoms with van der Waals surface area (Å²) in [6.45, 7) is 2.21. The molecule has 0 amide bonds. The van der Waals surface area contributed by atoms with Gasteiger partial charge in [-0.3, -0.25) is 0 Å². The minimum Gasteiger partial charge on any atom is -0.496 e. The maximum absolute atomic E-state index is 6.21. The quantitative estimate of drug-likeness (QED) is 0.720. The van der Waals surface area contributed by atoms with Gasteiger partial charge in [-0.2, -0.15) is 0 Å². The molecule has 0 aliphatic heterocycles. The molecule has 2 aromatic rings. The molecule has 0 aliphatic rings.